The van der Waals surface area contributed by atoms with E-state index in [9.17, 15) is 4.79 Å². The molecule has 0 fully saturated rings. The van der Waals surface area contributed by atoms with Crippen LogP contribution in [0.25, 0.3) is 11.4 Å². The number of rotatable bonds is 5. The first-order valence-electron chi connectivity index (χ1n) is 5.64. The number of nitrogens with one attached hydrogen (secondary N) is 1. The number of nitrogens with zero attached hydrogens (tertiary/aromatic N) is 3. The maximum atomic E-state index is 10.6. The van der Waals surface area contributed by atoms with Crippen molar-refractivity contribution in [3.05, 3.63) is 24.3 Å². The zero-order chi connectivity index (χ0) is 13.8. The van der Waals surface area contributed by atoms with Gasteiger partial charge in [-0.25, -0.2) is 0 Å². The van der Waals surface area contributed by atoms with Crippen LogP contribution in [0.1, 0.15) is 0 Å². The minimum atomic E-state index is -0.870. The number of hydrogen-bond acceptors (Lipinski definition) is 5. The van der Waals surface area contributed by atoms with Gasteiger partial charge in [-0.05, 0) is 12.1 Å². The maximum absolute atomic E-state index is 10.6. The summed E-state index contributed by atoms with van der Waals surface area (Å²) < 4.78 is 1.80. The summed E-state index contributed by atoms with van der Waals surface area (Å²) in [6.07, 6.45) is 0. The number of carboxylic acid groups (broad SMARTS) is 1. The van der Waals surface area contributed by atoms with Gasteiger partial charge in [-0.2, -0.15) is 0 Å². The molecule has 2 rings (SSSR count). The van der Waals surface area contributed by atoms with E-state index in [-0.39, 0.29) is 5.75 Å². The Morgan fingerprint density at radius 1 is 1.42 bits per heavy atom. The Kier molecular flexibility index (Phi) is 4.06. The number of aliphatic carboxylic acids is 1. The number of anilines is 1. The molecule has 0 saturated heterocycles. The van der Waals surface area contributed by atoms with Crippen molar-refractivity contribution in [1.29, 1.82) is 0 Å². The molecule has 1 aromatic heterocycles. The lowest BCUT2D eigenvalue weighted by atomic mass is 10.1. The highest BCUT2D eigenvalue weighted by Gasteiger charge is 2.14. The van der Waals surface area contributed by atoms with Crippen LogP contribution in [0, 0.1) is 0 Å². The largest absolute Gasteiger partial charge is 0.481 e. The third kappa shape index (κ3) is 2.87. The van der Waals surface area contributed by atoms with Crippen LogP contribution in [-0.2, 0) is 11.8 Å². The van der Waals surface area contributed by atoms with Crippen LogP contribution >= 0.6 is 11.8 Å². The second kappa shape index (κ2) is 5.75. The van der Waals surface area contributed by atoms with Crippen molar-refractivity contribution in [3.8, 4) is 11.4 Å². The number of carbonyl (C=O) groups is 1. The Bertz CT molecular complexity index is 597. The fourth-order valence-corrected chi connectivity index (χ4v) is 2.33. The molecule has 19 heavy (non-hydrogen) atoms. The van der Waals surface area contributed by atoms with E-state index in [1.54, 1.807) is 4.57 Å². The van der Waals surface area contributed by atoms with Crippen LogP contribution in [0.15, 0.2) is 29.4 Å². The topological polar surface area (TPSA) is 80.0 Å². The number of thioether (sulfide) groups is 1. The number of carboxylic acids is 1. The first kappa shape index (κ1) is 13.4. The van der Waals surface area contributed by atoms with Gasteiger partial charge in [0.25, 0.3) is 0 Å². The lowest BCUT2D eigenvalue weighted by Crippen LogP contribution is -2.01. The second-order valence-electron chi connectivity index (χ2n) is 3.84. The molecular formula is C12H14N4O2S. The number of aromatic nitrogens is 3. The monoisotopic (exact) mass is 278 g/mol. The van der Waals surface area contributed by atoms with E-state index < -0.39 is 5.97 Å². The summed E-state index contributed by atoms with van der Waals surface area (Å²) in [5.74, 6) is -0.192. The summed E-state index contributed by atoms with van der Waals surface area (Å²) in [4.78, 5) is 10.6. The molecule has 0 aliphatic rings. The van der Waals surface area contributed by atoms with Gasteiger partial charge in [0.1, 0.15) is 0 Å². The van der Waals surface area contributed by atoms with Crippen molar-refractivity contribution in [2.75, 3.05) is 18.1 Å². The van der Waals surface area contributed by atoms with E-state index >= 15 is 0 Å². The summed E-state index contributed by atoms with van der Waals surface area (Å²) in [6, 6.07) is 7.76. The minimum Gasteiger partial charge on any atom is -0.481 e. The highest BCUT2D eigenvalue weighted by molar-refractivity contribution is 7.99. The average molecular weight is 278 g/mol. The molecule has 0 unspecified atom stereocenters. The number of benzene rings is 1. The molecule has 0 saturated carbocycles. The highest BCUT2D eigenvalue weighted by Crippen LogP contribution is 2.28. The predicted molar refractivity (Wildman–Crippen MR) is 74.3 cm³/mol. The van der Waals surface area contributed by atoms with Crippen molar-refractivity contribution in [1.82, 2.24) is 14.8 Å². The van der Waals surface area contributed by atoms with Crippen LogP contribution in [0.5, 0.6) is 0 Å². The van der Waals surface area contributed by atoms with Gasteiger partial charge in [-0.1, -0.05) is 23.9 Å². The van der Waals surface area contributed by atoms with E-state index in [2.05, 4.69) is 15.5 Å². The molecule has 6 nitrogen and oxygen atoms in total. The molecule has 2 N–H and O–H groups in total. The molecule has 0 amide bonds. The van der Waals surface area contributed by atoms with Gasteiger partial charge in [0.2, 0.25) is 0 Å². The van der Waals surface area contributed by atoms with E-state index in [1.807, 2.05) is 38.4 Å². The van der Waals surface area contributed by atoms with E-state index in [0.29, 0.717) is 11.0 Å². The van der Waals surface area contributed by atoms with Crippen LogP contribution in [0.3, 0.4) is 0 Å². The summed E-state index contributed by atoms with van der Waals surface area (Å²) in [5.41, 5.74) is 1.88. The van der Waals surface area contributed by atoms with E-state index in [4.69, 9.17) is 5.11 Å². The fourth-order valence-electron chi connectivity index (χ4n) is 1.70. The Labute approximate surface area is 114 Å². The molecule has 100 valence electrons. The SMILES string of the molecule is CNc1ccccc1-c1nnc(SCC(=O)O)n1C. The quantitative estimate of drug-likeness (QED) is 0.810. The van der Waals surface area contributed by atoms with Crippen LogP contribution in [0.2, 0.25) is 0 Å². The molecule has 0 radical (unpaired) electrons. The Morgan fingerprint density at radius 3 is 2.84 bits per heavy atom. The normalized spacial score (nSPS) is 10.4. The highest BCUT2D eigenvalue weighted by atomic mass is 32.2. The van der Waals surface area contributed by atoms with Gasteiger partial charge in [-0.3, -0.25) is 4.79 Å². The second-order valence-corrected chi connectivity index (χ2v) is 4.79. The van der Waals surface area contributed by atoms with Crippen LogP contribution in [0.4, 0.5) is 5.69 Å². The number of para-hydroxylation sites is 1. The molecule has 0 bridgehead atoms. The molecule has 1 aromatic carbocycles. The fraction of sp³-hybridized carbons (Fsp3) is 0.250. The third-order valence-electron chi connectivity index (χ3n) is 2.60. The first-order valence-corrected chi connectivity index (χ1v) is 6.63. The summed E-state index contributed by atoms with van der Waals surface area (Å²) >= 11 is 1.15. The van der Waals surface area contributed by atoms with Gasteiger partial charge in [0.05, 0.1) is 5.75 Å². The Balaban J connectivity index is 2.33. The van der Waals surface area contributed by atoms with Crippen molar-refractivity contribution in [2.24, 2.45) is 7.05 Å². The molecule has 0 spiro atoms. The molecular weight excluding hydrogens is 264 g/mol. The predicted octanol–water partition coefficient (Wildman–Crippen LogP) is 1.70. The Hall–Kier alpha value is -2.02. The zero-order valence-electron chi connectivity index (χ0n) is 10.6. The number of hydrogen-bond donors (Lipinski definition) is 2. The summed E-state index contributed by atoms with van der Waals surface area (Å²) in [7, 11) is 3.67. The molecule has 0 aliphatic heterocycles. The zero-order valence-corrected chi connectivity index (χ0v) is 11.4. The smallest absolute Gasteiger partial charge is 0.313 e. The van der Waals surface area contributed by atoms with Crippen molar-refractivity contribution in [3.63, 3.8) is 0 Å². The van der Waals surface area contributed by atoms with Crippen LogP contribution < -0.4 is 5.32 Å². The van der Waals surface area contributed by atoms with Gasteiger partial charge in [0, 0.05) is 25.3 Å². The van der Waals surface area contributed by atoms with Crippen molar-refractivity contribution >= 4 is 23.4 Å². The van der Waals surface area contributed by atoms with Gasteiger partial charge in [-0.15, -0.1) is 10.2 Å². The standard InChI is InChI=1S/C12H14N4O2S/c1-13-9-6-4-3-5-8(9)11-14-15-12(16(11)2)19-7-10(17)18/h3-6,13H,7H2,1-2H3,(H,17,18). The average Bonchev–Trinajstić information content (AvgIpc) is 2.77. The van der Waals surface area contributed by atoms with Crippen molar-refractivity contribution < 1.29 is 9.90 Å². The van der Waals surface area contributed by atoms with Crippen LogP contribution in [-0.4, -0.2) is 38.6 Å². The lowest BCUT2D eigenvalue weighted by molar-refractivity contribution is -0.133. The van der Waals surface area contributed by atoms with Gasteiger partial charge < -0.3 is 15.0 Å². The first-order chi connectivity index (χ1) is 9.13. The summed E-state index contributed by atoms with van der Waals surface area (Å²) in [6.45, 7) is 0. The molecule has 1 heterocycles. The molecule has 2 aromatic rings. The van der Waals surface area contributed by atoms with Gasteiger partial charge >= 0.3 is 5.97 Å². The van der Waals surface area contributed by atoms with E-state index in [0.717, 1.165) is 23.0 Å². The molecule has 0 atom stereocenters. The van der Waals surface area contributed by atoms with Gasteiger partial charge in [0.15, 0.2) is 11.0 Å². The lowest BCUT2D eigenvalue weighted by Gasteiger charge is -2.08. The third-order valence-corrected chi connectivity index (χ3v) is 3.60. The molecule has 0 aliphatic carbocycles. The minimum absolute atomic E-state index is 0.0281. The van der Waals surface area contributed by atoms with E-state index in [1.165, 1.54) is 0 Å². The summed E-state index contributed by atoms with van der Waals surface area (Å²) in [5, 5.41) is 20.5. The maximum Gasteiger partial charge on any atom is 0.313 e. The molecule has 7 heteroatoms. The Morgan fingerprint density at radius 2 is 2.16 bits per heavy atom. The van der Waals surface area contributed by atoms with Crippen molar-refractivity contribution in [2.45, 2.75) is 5.16 Å².